The van der Waals surface area contributed by atoms with E-state index >= 15 is 0 Å². The number of nitrogens with one attached hydrogen (secondary N) is 1. The molecule has 21 heavy (non-hydrogen) atoms. The molecule has 0 spiro atoms. The highest BCUT2D eigenvalue weighted by atomic mass is 15.3. The van der Waals surface area contributed by atoms with Crippen molar-refractivity contribution in [3.63, 3.8) is 0 Å². The van der Waals surface area contributed by atoms with E-state index in [1.165, 1.54) is 83.7 Å². The van der Waals surface area contributed by atoms with Crippen molar-refractivity contribution in [2.75, 3.05) is 13.1 Å². The van der Waals surface area contributed by atoms with E-state index in [9.17, 15) is 0 Å². The monoisotopic (exact) mass is 294 g/mol. The fraction of sp³-hybridized carbons (Fsp3) is 1.00. The van der Waals surface area contributed by atoms with Gasteiger partial charge in [0.15, 0.2) is 0 Å². The van der Waals surface area contributed by atoms with Gasteiger partial charge >= 0.3 is 0 Å². The van der Waals surface area contributed by atoms with Crippen LogP contribution in [0.2, 0.25) is 0 Å². The summed E-state index contributed by atoms with van der Waals surface area (Å²) < 4.78 is 0. The summed E-state index contributed by atoms with van der Waals surface area (Å²) in [7, 11) is 0. The first-order valence-electron chi connectivity index (χ1n) is 9.69. The van der Waals surface area contributed by atoms with E-state index in [1.807, 2.05) is 0 Å². The molecule has 0 aromatic heterocycles. The second-order valence-corrected chi connectivity index (χ2v) is 7.81. The molecule has 1 N–H and O–H groups in total. The van der Waals surface area contributed by atoms with Crippen molar-refractivity contribution in [3.05, 3.63) is 0 Å². The van der Waals surface area contributed by atoms with Crippen molar-refractivity contribution in [2.24, 2.45) is 0 Å². The largest absolute Gasteiger partial charge is 0.309 e. The van der Waals surface area contributed by atoms with Crippen LogP contribution in [-0.2, 0) is 0 Å². The van der Waals surface area contributed by atoms with Gasteiger partial charge in [-0.3, -0.25) is 4.90 Å². The summed E-state index contributed by atoms with van der Waals surface area (Å²) >= 11 is 0. The number of likely N-dealkylation sites (tertiary alicyclic amines) is 1. The van der Waals surface area contributed by atoms with Gasteiger partial charge in [0.25, 0.3) is 0 Å². The third kappa shape index (κ3) is 4.96. The zero-order valence-corrected chi connectivity index (χ0v) is 14.8. The molecule has 2 heterocycles. The van der Waals surface area contributed by atoms with Crippen LogP contribution < -0.4 is 5.32 Å². The Labute approximate surface area is 133 Å². The van der Waals surface area contributed by atoms with E-state index in [4.69, 9.17) is 0 Å². The number of rotatable bonds is 10. The molecule has 0 radical (unpaired) electrons. The summed E-state index contributed by atoms with van der Waals surface area (Å²) in [5.41, 5.74) is 0.463. The van der Waals surface area contributed by atoms with Crippen molar-refractivity contribution in [2.45, 2.75) is 109 Å². The van der Waals surface area contributed by atoms with Crippen LogP contribution in [0.3, 0.4) is 0 Å². The highest BCUT2D eigenvalue weighted by Crippen LogP contribution is 2.33. The van der Waals surface area contributed by atoms with Crippen LogP contribution in [0.5, 0.6) is 0 Å². The molecule has 0 aromatic rings. The zero-order chi connectivity index (χ0) is 15.1. The number of piperazine rings is 1. The lowest BCUT2D eigenvalue weighted by Crippen LogP contribution is -2.59. The van der Waals surface area contributed by atoms with Gasteiger partial charge in [0.1, 0.15) is 0 Å². The van der Waals surface area contributed by atoms with Crippen molar-refractivity contribution in [1.29, 1.82) is 0 Å². The Balaban J connectivity index is 1.85. The predicted octanol–water partition coefficient (Wildman–Crippen LogP) is 4.73. The Morgan fingerprint density at radius 3 is 2.05 bits per heavy atom. The molecule has 0 aliphatic carbocycles. The van der Waals surface area contributed by atoms with E-state index in [2.05, 4.69) is 31.0 Å². The van der Waals surface area contributed by atoms with E-state index in [0.717, 1.165) is 12.1 Å². The fourth-order valence-electron chi connectivity index (χ4n) is 4.35. The topological polar surface area (TPSA) is 15.3 Å². The normalized spacial score (nSPS) is 28.7. The van der Waals surface area contributed by atoms with Gasteiger partial charge in [-0.05, 0) is 32.6 Å². The third-order valence-corrected chi connectivity index (χ3v) is 5.87. The standard InChI is InChI=1S/C19H38N2/c1-4-6-8-9-10-14-19(3,13-7-5-2)21-15-17-11-12-18(16-21)20-17/h17-18,20H,4-16H2,1-3H3. The highest BCUT2D eigenvalue weighted by molar-refractivity contribution is 4.98. The molecule has 0 aromatic carbocycles. The van der Waals surface area contributed by atoms with Gasteiger partial charge in [0, 0.05) is 30.7 Å². The van der Waals surface area contributed by atoms with Gasteiger partial charge in [-0.1, -0.05) is 58.8 Å². The molecule has 3 atom stereocenters. The molecule has 0 amide bonds. The molecule has 2 bridgehead atoms. The van der Waals surface area contributed by atoms with Gasteiger partial charge in [-0.2, -0.15) is 0 Å². The van der Waals surface area contributed by atoms with E-state index in [-0.39, 0.29) is 0 Å². The van der Waals surface area contributed by atoms with Crippen LogP contribution in [0.25, 0.3) is 0 Å². The number of hydrogen-bond acceptors (Lipinski definition) is 2. The van der Waals surface area contributed by atoms with Crippen molar-refractivity contribution >= 4 is 0 Å². The summed E-state index contributed by atoms with van der Waals surface area (Å²) in [4.78, 5) is 2.86. The number of hydrogen-bond donors (Lipinski definition) is 1. The molecule has 2 heteroatoms. The second kappa shape index (κ2) is 8.53. The van der Waals surface area contributed by atoms with Gasteiger partial charge in [0.05, 0.1) is 0 Å². The first-order valence-corrected chi connectivity index (χ1v) is 9.69. The lowest BCUT2D eigenvalue weighted by molar-refractivity contribution is 0.0483. The molecular formula is C19H38N2. The highest BCUT2D eigenvalue weighted by Gasteiger charge is 2.39. The molecule has 2 rings (SSSR count). The maximum atomic E-state index is 3.79. The average Bonchev–Trinajstić information content (AvgIpc) is 2.83. The van der Waals surface area contributed by atoms with Crippen LogP contribution in [0.1, 0.15) is 91.4 Å². The maximum absolute atomic E-state index is 3.79. The summed E-state index contributed by atoms with van der Waals surface area (Å²) in [5, 5.41) is 3.79. The fourth-order valence-corrected chi connectivity index (χ4v) is 4.35. The first-order chi connectivity index (χ1) is 10.2. The minimum Gasteiger partial charge on any atom is -0.309 e. The predicted molar refractivity (Wildman–Crippen MR) is 92.8 cm³/mol. The summed E-state index contributed by atoms with van der Waals surface area (Å²) in [5.74, 6) is 0. The quantitative estimate of drug-likeness (QED) is 0.586. The molecule has 2 fully saturated rings. The second-order valence-electron chi connectivity index (χ2n) is 7.81. The van der Waals surface area contributed by atoms with Gasteiger partial charge in [-0.25, -0.2) is 0 Å². The Morgan fingerprint density at radius 2 is 1.43 bits per heavy atom. The number of unbranched alkanes of at least 4 members (excludes halogenated alkanes) is 5. The Hall–Kier alpha value is -0.0800. The van der Waals surface area contributed by atoms with E-state index in [0.29, 0.717) is 5.54 Å². The third-order valence-electron chi connectivity index (χ3n) is 5.87. The lowest BCUT2D eigenvalue weighted by Gasteiger charge is -2.46. The van der Waals surface area contributed by atoms with Gasteiger partial charge < -0.3 is 5.32 Å². The summed E-state index contributed by atoms with van der Waals surface area (Å²) in [6.07, 6.45) is 15.4. The molecule has 2 nitrogen and oxygen atoms in total. The Morgan fingerprint density at radius 1 is 0.857 bits per heavy atom. The van der Waals surface area contributed by atoms with Crippen LogP contribution in [0, 0.1) is 0 Å². The van der Waals surface area contributed by atoms with Crippen LogP contribution in [0.4, 0.5) is 0 Å². The number of nitrogens with zero attached hydrogens (tertiary/aromatic N) is 1. The first kappa shape index (κ1) is 17.3. The van der Waals surface area contributed by atoms with Crippen LogP contribution in [0.15, 0.2) is 0 Å². The molecule has 124 valence electrons. The maximum Gasteiger partial charge on any atom is 0.0198 e. The smallest absolute Gasteiger partial charge is 0.0198 e. The van der Waals surface area contributed by atoms with E-state index < -0.39 is 0 Å². The molecule has 3 unspecified atom stereocenters. The van der Waals surface area contributed by atoms with Crippen molar-refractivity contribution in [3.8, 4) is 0 Å². The Kier molecular flexibility index (Phi) is 7.01. The Bertz CT molecular complexity index is 279. The average molecular weight is 295 g/mol. The minimum absolute atomic E-state index is 0.463. The molecule has 2 saturated heterocycles. The molecule has 2 aliphatic rings. The SMILES string of the molecule is CCCCCCCC(C)(CCCC)N1CC2CCC(C1)N2. The summed E-state index contributed by atoms with van der Waals surface area (Å²) in [6, 6.07) is 1.56. The number of fused-ring (bicyclic) bond motifs is 2. The van der Waals surface area contributed by atoms with Crippen LogP contribution in [-0.4, -0.2) is 35.6 Å². The zero-order valence-electron chi connectivity index (χ0n) is 14.8. The van der Waals surface area contributed by atoms with Gasteiger partial charge in [0.2, 0.25) is 0 Å². The van der Waals surface area contributed by atoms with Gasteiger partial charge in [-0.15, -0.1) is 0 Å². The lowest BCUT2D eigenvalue weighted by atomic mass is 9.85. The van der Waals surface area contributed by atoms with Crippen molar-refractivity contribution in [1.82, 2.24) is 10.2 Å². The molecular weight excluding hydrogens is 256 g/mol. The minimum atomic E-state index is 0.463. The summed E-state index contributed by atoms with van der Waals surface area (Å²) in [6.45, 7) is 9.80. The molecule has 0 saturated carbocycles. The van der Waals surface area contributed by atoms with E-state index in [1.54, 1.807) is 0 Å². The molecule has 2 aliphatic heterocycles. The van der Waals surface area contributed by atoms with Crippen molar-refractivity contribution < 1.29 is 0 Å². The van der Waals surface area contributed by atoms with Crippen LogP contribution >= 0.6 is 0 Å².